The quantitative estimate of drug-likeness (QED) is 0.382. The largest absolute Gasteiger partial charge is 0.362 e. The molecule has 0 fully saturated rings. The maximum absolute atomic E-state index is 12.5. The van der Waals surface area contributed by atoms with E-state index in [2.05, 4.69) is 15.0 Å². The van der Waals surface area contributed by atoms with Crippen molar-refractivity contribution in [2.75, 3.05) is 10.0 Å². The first-order chi connectivity index (χ1) is 15.5. The molecule has 2 heterocycles. The third kappa shape index (κ3) is 3.81. The second-order valence-corrected chi connectivity index (χ2v) is 9.08. The van der Waals surface area contributed by atoms with Crippen LogP contribution in [0.1, 0.15) is 11.3 Å². The Hall–Kier alpha value is -4.10. The lowest BCUT2D eigenvalue weighted by Crippen LogP contribution is -2.12. The Bertz CT molecular complexity index is 1420. The second-order valence-electron chi connectivity index (χ2n) is 7.39. The van der Waals surface area contributed by atoms with Crippen LogP contribution in [0.3, 0.4) is 0 Å². The van der Waals surface area contributed by atoms with Gasteiger partial charge in [0.25, 0.3) is 15.9 Å². The highest BCUT2D eigenvalue weighted by Crippen LogP contribution is 2.36. The van der Waals surface area contributed by atoms with E-state index in [1.54, 1.807) is 42.5 Å². The number of carbonyl (C=O) groups excluding carboxylic acids is 1. The molecular formula is C25H19N3O3S. The van der Waals surface area contributed by atoms with E-state index in [0.29, 0.717) is 11.3 Å². The Morgan fingerprint density at radius 2 is 1.56 bits per heavy atom. The minimum absolute atomic E-state index is 0.141. The predicted octanol–water partition coefficient (Wildman–Crippen LogP) is 4.98. The molecule has 158 valence electrons. The summed E-state index contributed by atoms with van der Waals surface area (Å²) in [6.07, 6.45) is 3.64. The summed E-state index contributed by atoms with van der Waals surface area (Å²) < 4.78 is 27.6. The number of amides is 1. The van der Waals surface area contributed by atoms with Crippen LogP contribution in [-0.2, 0) is 14.8 Å². The highest BCUT2D eigenvalue weighted by molar-refractivity contribution is 7.92. The monoisotopic (exact) mass is 441 g/mol. The van der Waals surface area contributed by atoms with Gasteiger partial charge in [0.05, 0.1) is 10.5 Å². The Morgan fingerprint density at radius 3 is 2.28 bits per heavy atom. The average Bonchev–Trinajstić information content (AvgIpc) is 3.42. The van der Waals surface area contributed by atoms with E-state index in [9.17, 15) is 13.2 Å². The number of nitrogens with one attached hydrogen (secondary N) is 3. The summed E-state index contributed by atoms with van der Waals surface area (Å²) in [5, 5.41) is 2.92. The van der Waals surface area contributed by atoms with Crippen LogP contribution in [-0.4, -0.2) is 19.3 Å². The minimum atomic E-state index is -3.64. The predicted molar refractivity (Wildman–Crippen MR) is 126 cm³/mol. The Morgan fingerprint density at radius 1 is 0.812 bits per heavy atom. The van der Waals surface area contributed by atoms with Gasteiger partial charge in [-0.2, -0.15) is 0 Å². The molecule has 0 radical (unpaired) electrons. The van der Waals surface area contributed by atoms with Crippen molar-refractivity contribution in [2.24, 2.45) is 0 Å². The molecule has 4 aromatic rings. The van der Waals surface area contributed by atoms with Gasteiger partial charge in [0.2, 0.25) is 0 Å². The SMILES string of the molecule is O=C1Nc2cc(-c3ccc(NS(=O)(=O)c4ccccc4)cc3)ccc2/C1=C/c1ccc[nH]1. The van der Waals surface area contributed by atoms with Crippen LogP contribution >= 0.6 is 0 Å². The number of sulfonamides is 1. The normalized spacial score (nSPS) is 14.2. The molecule has 1 aliphatic heterocycles. The van der Waals surface area contributed by atoms with Gasteiger partial charge in [0.1, 0.15) is 0 Å². The summed E-state index contributed by atoms with van der Waals surface area (Å²) in [7, 11) is -3.64. The molecule has 0 aliphatic carbocycles. The zero-order valence-corrected chi connectivity index (χ0v) is 17.7. The number of anilines is 2. The third-order valence-electron chi connectivity index (χ3n) is 5.25. The van der Waals surface area contributed by atoms with Gasteiger partial charge < -0.3 is 10.3 Å². The van der Waals surface area contributed by atoms with E-state index in [4.69, 9.17) is 0 Å². The summed E-state index contributed by atoms with van der Waals surface area (Å²) in [6.45, 7) is 0. The standard InChI is InChI=1S/C25H19N3O3S/c29-25-23(16-20-5-4-14-26-20)22-13-10-18(15-24(22)27-25)17-8-11-19(12-9-17)28-32(30,31)21-6-2-1-3-7-21/h1-16,26,28H,(H,27,29)/b23-16-. The van der Waals surface area contributed by atoms with Crippen molar-refractivity contribution in [2.45, 2.75) is 4.90 Å². The first kappa shape index (κ1) is 19.8. The molecule has 1 amide bonds. The highest BCUT2D eigenvalue weighted by Gasteiger charge is 2.24. The molecular weight excluding hydrogens is 422 g/mol. The smallest absolute Gasteiger partial charge is 0.261 e. The van der Waals surface area contributed by atoms with Crippen molar-refractivity contribution >= 4 is 39.0 Å². The summed E-state index contributed by atoms with van der Waals surface area (Å²) in [5.41, 5.74) is 5.37. The van der Waals surface area contributed by atoms with Crippen LogP contribution in [0, 0.1) is 0 Å². The number of rotatable bonds is 5. The third-order valence-corrected chi connectivity index (χ3v) is 6.65. The summed E-state index contributed by atoms with van der Waals surface area (Å²) in [6, 6.07) is 24.9. The maximum Gasteiger partial charge on any atom is 0.261 e. The molecule has 3 N–H and O–H groups in total. The van der Waals surface area contributed by atoms with Crippen LogP contribution in [0.5, 0.6) is 0 Å². The second kappa shape index (κ2) is 7.86. The minimum Gasteiger partial charge on any atom is -0.362 e. The Labute approximate surface area is 185 Å². The zero-order valence-electron chi connectivity index (χ0n) is 16.9. The van der Waals surface area contributed by atoms with Crippen LogP contribution < -0.4 is 10.0 Å². The fraction of sp³-hybridized carbons (Fsp3) is 0. The lowest BCUT2D eigenvalue weighted by molar-refractivity contribution is -0.110. The molecule has 0 spiro atoms. The molecule has 3 aromatic carbocycles. The molecule has 1 aromatic heterocycles. The van der Waals surface area contributed by atoms with Crippen molar-refractivity contribution in [3.8, 4) is 11.1 Å². The van der Waals surface area contributed by atoms with Crippen LogP contribution in [0.15, 0.2) is 96.0 Å². The number of benzene rings is 3. The van der Waals surface area contributed by atoms with Crippen LogP contribution in [0.4, 0.5) is 11.4 Å². The summed E-state index contributed by atoms with van der Waals surface area (Å²) >= 11 is 0. The number of aromatic amines is 1. The average molecular weight is 442 g/mol. The fourth-order valence-electron chi connectivity index (χ4n) is 3.65. The maximum atomic E-state index is 12.5. The lowest BCUT2D eigenvalue weighted by atomic mass is 10.00. The first-order valence-corrected chi connectivity index (χ1v) is 11.5. The number of carbonyl (C=O) groups is 1. The van der Waals surface area contributed by atoms with Gasteiger partial charge in [-0.3, -0.25) is 9.52 Å². The van der Waals surface area contributed by atoms with Crippen molar-refractivity contribution in [1.29, 1.82) is 0 Å². The molecule has 32 heavy (non-hydrogen) atoms. The van der Waals surface area contributed by atoms with E-state index in [1.165, 1.54) is 0 Å². The fourth-order valence-corrected chi connectivity index (χ4v) is 4.73. The number of hydrogen-bond acceptors (Lipinski definition) is 3. The zero-order chi connectivity index (χ0) is 22.1. The summed E-state index contributed by atoms with van der Waals surface area (Å²) in [5.74, 6) is -0.141. The van der Waals surface area contributed by atoms with E-state index in [-0.39, 0.29) is 10.8 Å². The van der Waals surface area contributed by atoms with Gasteiger partial charge >= 0.3 is 0 Å². The van der Waals surface area contributed by atoms with Gasteiger partial charge in [-0.15, -0.1) is 0 Å². The van der Waals surface area contributed by atoms with Crippen molar-refractivity contribution in [3.63, 3.8) is 0 Å². The van der Waals surface area contributed by atoms with Gasteiger partial charge in [0.15, 0.2) is 0 Å². The Kier molecular flexibility index (Phi) is 4.88. The van der Waals surface area contributed by atoms with Gasteiger partial charge in [-0.05, 0) is 59.7 Å². The van der Waals surface area contributed by atoms with Crippen LogP contribution in [0.25, 0.3) is 22.8 Å². The molecule has 0 saturated carbocycles. The highest BCUT2D eigenvalue weighted by atomic mass is 32.2. The number of H-pyrrole nitrogens is 1. The van der Waals surface area contributed by atoms with E-state index in [0.717, 1.165) is 28.1 Å². The molecule has 0 unspecified atom stereocenters. The van der Waals surface area contributed by atoms with Crippen LogP contribution in [0.2, 0.25) is 0 Å². The number of fused-ring (bicyclic) bond motifs is 1. The molecule has 0 saturated heterocycles. The molecule has 0 atom stereocenters. The van der Waals surface area contributed by atoms with E-state index < -0.39 is 10.0 Å². The van der Waals surface area contributed by atoms with Crippen molar-refractivity contribution < 1.29 is 13.2 Å². The molecule has 7 heteroatoms. The molecule has 1 aliphatic rings. The van der Waals surface area contributed by atoms with Crippen molar-refractivity contribution in [3.05, 3.63) is 102 Å². The van der Waals surface area contributed by atoms with Gasteiger partial charge in [-0.25, -0.2) is 8.42 Å². The molecule has 5 rings (SSSR count). The molecule has 6 nitrogen and oxygen atoms in total. The summed E-state index contributed by atoms with van der Waals surface area (Å²) in [4.78, 5) is 15.7. The number of hydrogen-bond donors (Lipinski definition) is 3. The molecule has 0 bridgehead atoms. The van der Waals surface area contributed by atoms with Crippen molar-refractivity contribution in [1.82, 2.24) is 4.98 Å². The number of aromatic nitrogens is 1. The Balaban J connectivity index is 1.39. The first-order valence-electron chi connectivity index (χ1n) is 9.99. The van der Waals surface area contributed by atoms with E-state index >= 15 is 0 Å². The van der Waals surface area contributed by atoms with Gasteiger partial charge in [0, 0.05) is 28.8 Å². The van der Waals surface area contributed by atoms with E-state index in [1.807, 2.05) is 54.7 Å². The lowest BCUT2D eigenvalue weighted by Gasteiger charge is -2.09. The van der Waals surface area contributed by atoms with Gasteiger partial charge in [-0.1, -0.05) is 42.5 Å². The topological polar surface area (TPSA) is 91.1 Å².